The molecule has 2 aromatic carbocycles. The summed E-state index contributed by atoms with van der Waals surface area (Å²) < 4.78 is 5.48. The first-order valence-corrected chi connectivity index (χ1v) is 11.0. The van der Waals surface area contributed by atoms with Gasteiger partial charge in [-0.25, -0.2) is 0 Å². The summed E-state index contributed by atoms with van der Waals surface area (Å²) in [6.07, 6.45) is 0.461. The van der Waals surface area contributed by atoms with Gasteiger partial charge in [-0.1, -0.05) is 73.1 Å². The number of amides is 1. The molecule has 162 valence electrons. The van der Waals surface area contributed by atoms with Gasteiger partial charge in [0, 0.05) is 31.7 Å². The highest BCUT2D eigenvalue weighted by atomic mass is 16.5. The van der Waals surface area contributed by atoms with Crippen molar-refractivity contribution in [3.63, 3.8) is 0 Å². The Bertz CT molecular complexity index is 1000. The Labute approximate surface area is 183 Å². The molecule has 0 aliphatic carbocycles. The molecular formula is C25H30N4O2. The second-order valence-electron chi connectivity index (χ2n) is 8.61. The lowest BCUT2D eigenvalue weighted by atomic mass is 10.0. The van der Waals surface area contributed by atoms with Crippen LogP contribution >= 0.6 is 0 Å². The van der Waals surface area contributed by atoms with Gasteiger partial charge in [-0.15, -0.1) is 0 Å². The fourth-order valence-electron chi connectivity index (χ4n) is 3.79. The van der Waals surface area contributed by atoms with E-state index >= 15 is 0 Å². The quantitative estimate of drug-likeness (QED) is 0.604. The molecule has 0 radical (unpaired) electrons. The second kappa shape index (κ2) is 9.43. The largest absolute Gasteiger partial charge is 0.340 e. The molecule has 1 fully saturated rings. The van der Waals surface area contributed by atoms with Gasteiger partial charge >= 0.3 is 0 Å². The monoisotopic (exact) mass is 418 g/mol. The van der Waals surface area contributed by atoms with Crippen molar-refractivity contribution >= 4 is 5.91 Å². The Balaban J connectivity index is 1.28. The first kappa shape index (κ1) is 21.2. The van der Waals surface area contributed by atoms with Crippen LogP contribution in [0.25, 0.3) is 11.4 Å². The van der Waals surface area contributed by atoms with Gasteiger partial charge in [0.05, 0.1) is 13.0 Å². The molecule has 0 unspecified atom stereocenters. The molecule has 1 aliphatic heterocycles. The Hall–Kier alpha value is -2.99. The smallest absolute Gasteiger partial charge is 0.241 e. The van der Waals surface area contributed by atoms with Crippen molar-refractivity contribution in [2.24, 2.45) is 0 Å². The van der Waals surface area contributed by atoms with Gasteiger partial charge in [0.15, 0.2) is 0 Å². The molecule has 31 heavy (non-hydrogen) atoms. The molecule has 6 heteroatoms. The summed E-state index contributed by atoms with van der Waals surface area (Å²) in [5.41, 5.74) is 4.53. The van der Waals surface area contributed by atoms with E-state index in [1.165, 1.54) is 11.1 Å². The molecule has 6 nitrogen and oxygen atoms in total. The zero-order valence-corrected chi connectivity index (χ0v) is 18.5. The van der Waals surface area contributed by atoms with Crippen molar-refractivity contribution in [3.8, 4) is 11.4 Å². The minimum absolute atomic E-state index is 0.188. The Kier molecular flexibility index (Phi) is 6.47. The van der Waals surface area contributed by atoms with Gasteiger partial charge < -0.3 is 9.42 Å². The number of aryl methyl sites for hydroxylation is 1. The molecule has 1 amide bonds. The summed E-state index contributed by atoms with van der Waals surface area (Å²) in [5.74, 6) is 1.92. The molecule has 1 saturated heterocycles. The third kappa shape index (κ3) is 5.39. The average Bonchev–Trinajstić information content (AvgIpc) is 3.24. The zero-order valence-electron chi connectivity index (χ0n) is 18.5. The number of hydrogen-bond donors (Lipinski definition) is 0. The van der Waals surface area contributed by atoms with E-state index in [0.717, 1.165) is 37.3 Å². The molecule has 1 aliphatic rings. The molecule has 4 rings (SSSR count). The fourth-order valence-corrected chi connectivity index (χ4v) is 3.79. The van der Waals surface area contributed by atoms with Crippen LogP contribution in [0.15, 0.2) is 53.1 Å². The number of benzene rings is 2. The minimum Gasteiger partial charge on any atom is -0.340 e. The van der Waals surface area contributed by atoms with Gasteiger partial charge in [0.2, 0.25) is 17.6 Å². The van der Waals surface area contributed by atoms with E-state index in [0.29, 0.717) is 30.6 Å². The van der Waals surface area contributed by atoms with Crippen molar-refractivity contribution in [2.75, 3.05) is 26.2 Å². The average molecular weight is 419 g/mol. The Morgan fingerprint density at radius 1 is 1.00 bits per heavy atom. The van der Waals surface area contributed by atoms with Crippen LogP contribution in [0.1, 0.15) is 42.3 Å². The van der Waals surface area contributed by atoms with Gasteiger partial charge in [-0.05, 0) is 24.0 Å². The van der Waals surface area contributed by atoms with Crippen molar-refractivity contribution < 1.29 is 9.32 Å². The van der Waals surface area contributed by atoms with Crippen molar-refractivity contribution in [2.45, 2.75) is 39.7 Å². The third-order valence-corrected chi connectivity index (χ3v) is 5.86. The predicted molar refractivity (Wildman–Crippen MR) is 121 cm³/mol. The van der Waals surface area contributed by atoms with E-state index in [2.05, 4.69) is 60.1 Å². The van der Waals surface area contributed by atoms with Crippen LogP contribution in [0.3, 0.4) is 0 Å². The molecular weight excluding hydrogens is 388 g/mol. The number of carbonyl (C=O) groups excluding carboxylic acids is 1. The van der Waals surface area contributed by atoms with Crippen molar-refractivity contribution in [1.29, 1.82) is 0 Å². The maximum Gasteiger partial charge on any atom is 0.241 e. The van der Waals surface area contributed by atoms with E-state index < -0.39 is 0 Å². The van der Waals surface area contributed by atoms with E-state index in [1.54, 1.807) is 0 Å². The van der Waals surface area contributed by atoms with Crippen molar-refractivity contribution in [1.82, 2.24) is 19.9 Å². The van der Waals surface area contributed by atoms with Crippen LogP contribution in [0.4, 0.5) is 0 Å². The summed E-state index contributed by atoms with van der Waals surface area (Å²) in [5, 5.41) is 4.15. The molecule has 0 N–H and O–H groups in total. The summed E-state index contributed by atoms with van der Waals surface area (Å²) in [6, 6.07) is 16.5. The maximum atomic E-state index is 12.6. The van der Waals surface area contributed by atoms with Crippen LogP contribution in [0.5, 0.6) is 0 Å². The van der Waals surface area contributed by atoms with Crippen LogP contribution in [0, 0.1) is 6.92 Å². The van der Waals surface area contributed by atoms with E-state index in [-0.39, 0.29) is 5.91 Å². The molecule has 0 atom stereocenters. The highest BCUT2D eigenvalue weighted by molar-refractivity contribution is 5.78. The Morgan fingerprint density at radius 3 is 2.32 bits per heavy atom. The molecule has 0 saturated carbocycles. The van der Waals surface area contributed by atoms with Gasteiger partial charge in [-0.3, -0.25) is 9.69 Å². The van der Waals surface area contributed by atoms with Crippen molar-refractivity contribution in [3.05, 3.63) is 71.1 Å². The van der Waals surface area contributed by atoms with E-state index in [1.807, 2.05) is 29.2 Å². The predicted octanol–water partition coefficient (Wildman–Crippen LogP) is 4.06. The third-order valence-electron chi connectivity index (χ3n) is 5.86. The number of piperazine rings is 1. The highest BCUT2D eigenvalue weighted by Gasteiger charge is 2.22. The minimum atomic E-state index is 0.188. The van der Waals surface area contributed by atoms with Gasteiger partial charge in [0.1, 0.15) is 0 Å². The summed E-state index contributed by atoms with van der Waals surface area (Å²) in [7, 11) is 0. The lowest BCUT2D eigenvalue weighted by molar-refractivity contribution is -0.132. The SMILES string of the molecule is Cc1ccc(CC(=O)N2CCN(Cc3nc(-c4ccc(C(C)C)cc4)no3)CC2)cc1. The molecule has 2 heterocycles. The summed E-state index contributed by atoms with van der Waals surface area (Å²) in [4.78, 5) is 21.4. The maximum absolute atomic E-state index is 12.6. The number of nitrogens with zero attached hydrogens (tertiary/aromatic N) is 4. The highest BCUT2D eigenvalue weighted by Crippen LogP contribution is 2.21. The topological polar surface area (TPSA) is 62.5 Å². The zero-order chi connectivity index (χ0) is 21.8. The fraction of sp³-hybridized carbons (Fsp3) is 0.400. The molecule has 1 aromatic heterocycles. The van der Waals surface area contributed by atoms with Gasteiger partial charge in [0.25, 0.3) is 0 Å². The normalized spacial score (nSPS) is 14.9. The van der Waals surface area contributed by atoms with E-state index in [4.69, 9.17) is 4.52 Å². The first-order chi connectivity index (χ1) is 15.0. The lowest BCUT2D eigenvalue weighted by Gasteiger charge is -2.34. The number of hydrogen-bond acceptors (Lipinski definition) is 5. The molecule has 3 aromatic rings. The summed E-state index contributed by atoms with van der Waals surface area (Å²) >= 11 is 0. The summed E-state index contributed by atoms with van der Waals surface area (Å²) in [6.45, 7) is 10.1. The first-order valence-electron chi connectivity index (χ1n) is 11.0. The molecule has 0 bridgehead atoms. The second-order valence-corrected chi connectivity index (χ2v) is 8.61. The number of carbonyl (C=O) groups is 1. The molecule has 0 spiro atoms. The standard InChI is InChI=1S/C25H30N4O2/c1-18(2)21-8-10-22(11-9-21)25-26-23(31-27-25)17-28-12-14-29(15-13-28)24(30)16-20-6-4-19(3)5-7-20/h4-11,18H,12-17H2,1-3H3. The lowest BCUT2D eigenvalue weighted by Crippen LogP contribution is -2.48. The van der Waals surface area contributed by atoms with Crippen LogP contribution in [-0.2, 0) is 17.8 Å². The number of rotatable bonds is 6. The van der Waals surface area contributed by atoms with Gasteiger partial charge in [-0.2, -0.15) is 4.98 Å². The van der Waals surface area contributed by atoms with Crippen LogP contribution < -0.4 is 0 Å². The van der Waals surface area contributed by atoms with Crippen LogP contribution in [-0.4, -0.2) is 52.0 Å². The Morgan fingerprint density at radius 2 is 1.68 bits per heavy atom. The van der Waals surface area contributed by atoms with Crippen LogP contribution in [0.2, 0.25) is 0 Å². The number of aromatic nitrogens is 2. The van der Waals surface area contributed by atoms with E-state index in [9.17, 15) is 4.79 Å².